The van der Waals surface area contributed by atoms with Gasteiger partial charge in [-0.1, -0.05) is 17.2 Å². The molecule has 0 radical (unpaired) electrons. The van der Waals surface area contributed by atoms with E-state index in [2.05, 4.69) is 10.6 Å². The third kappa shape index (κ3) is 5.94. The summed E-state index contributed by atoms with van der Waals surface area (Å²) < 4.78 is 5.13. The van der Waals surface area contributed by atoms with Crippen LogP contribution in [-0.4, -0.2) is 30.9 Å². The van der Waals surface area contributed by atoms with Crippen molar-refractivity contribution in [2.75, 3.05) is 18.5 Å². The van der Waals surface area contributed by atoms with Gasteiger partial charge in [-0.05, 0) is 50.2 Å². The van der Waals surface area contributed by atoms with Crippen molar-refractivity contribution in [2.45, 2.75) is 13.8 Å². The van der Waals surface area contributed by atoms with Crippen LogP contribution in [0.2, 0.25) is 0 Å². The topological polar surface area (TPSA) is 111 Å². The Morgan fingerprint density at radius 3 is 2.19 bits per heavy atom. The zero-order valence-electron chi connectivity index (χ0n) is 14.7. The first-order valence-corrected chi connectivity index (χ1v) is 8.01. The quantitative estimate of drug-likeness (QED) is 0.699. The first-order chi connectivity index (χ1) is 12.3. The molecule has 4 N–H and O–H groups in total. The van der Waals surface area contributed by atoms with Crippen LogP contribution in [0, 0.1) is 13.8 Å². The van der Waals surface area contributed by atoms with E-state index in [1.54, 1.807) is 36.4 Å². The van der Waals surface area contributed by atoms with Gasteiger partial charge in [0.25, 0.3) is 11.8 Å². The number of ether oxygens (including phenoxy) is 1. The molecule has 0 unspecified atom stereocenters. The van der Waals surface area contributed by atoms with E-state index in [1.807, 2.05) is 19.9 Å². The van der Waals surface area contributed by atoms with Crippen molar-refractivity contribution in [1.82, 2.24) is 5.32 Å². The van der Waals surface area contributed by atoms with Crippen LogP contribution in [0.4, 0.5) is 5.69 Å². The first-order valence-electron chi connectivity index (χ1n) is 8.01. The van der Waals surface area contributed by atoms with E-state index in [0.717, 1.165) is 11.1 Å². The molecule has 2 aromatic carbocycles. The van der Waals surface area contributed by atoms with Gasteiger partial charge in [-0.2, -0.15) is 0 Å². The molecule has 0 heterocycles. The SMILES string of the molecule is Cc1cc(C)cc(C(=O)NCC(=O)Nc2ccc(OCC(N)=O)cc2)c1. The van der Waals surface area contributed by atoms with E-state index in [-0.39, 0.29) is 25.0 Å². The fourth-order valence-electron chi connectivity index (χ4n) is 2.36. The minimum Gasteiger partial charge on any atom is -0.484 e. The molecular formula is C19H21N3O4. The van der Waals surface area contributed by atoms with Crippen LogP contribution >= 0.6 is 0 Å². The van der Waals surface area contributed by atoms with Gasteiger partial charge in [0.15, 0.2) is 6.61 Å². The number of hydrogen-bond donors (Lipinski definition) is 3. The Balaban J connectivity index is 1.84. The predicted molar refractivity (Wildman–Crippen MR) is 98.0 cm³/mol. The fraction of sp³-hybridized carbons (Fsp3) is 0.211. The number of hydrogen-bond acceptors (Lipinski definition) is 4. The molecule has 0 fully saturated rings. The number of benzene rings is 2. The van der Waals surface area contributed by atoms with Crippen LogP contribution in [-0.2, 0) is 9.59 Å². The summed E-state index contributed by atoms with van der Waals surface area (Å²) in [5, 5.41) is 5.25. The number of carbonyl (C=O) groups is 3. The Hall–Kier alpha value is -3.35. The second-order valence-electron chi connectivity index (χ2n) is 5.89. The van der Waals surface area contributed by atoms with Crippen molar-refractivity contribution in [1.29, 1.82) is 0 Å². The summed E-state index contributed by atoms with van der Waals surface area (Å²) in [5.74, 6) is -0.762. The molecule has 0 bridgehead atoms. The Bertz CT molecular complexity index is 796. The smallest absolute Gasteiger partial charge is 0.255 e. The minimum absolute atomic E-state index is 0.147. The molecule has 0 atom stereocenters. The third-order valence-corrected chi connectivity index (χ3v) is 3.41. The lowest BCUT2D eigenvalue weighted by atomic mass is 10.1. The number of anilines is 1. The Labute approximate surface area is 151 Å². The predicted octanol–water partition coefficient (Wildman–Crippen LogP) is 1.54. The van der Waals surface area contributed by atoms with Crippen molar-refractivity contribution < 1.29 is 19.1 Å². The number of aryl methyl sites for hydroxylation is 2. The molecule has 26 heavy (non-hydrogen) atoms. The van der Waals surface area contributed by atoms with E-state index >= 15 is 0 Å². The van der Waals surface area contributed by atoms with Crippen LogP contribution in [0.25, 0.3) is 0 Å². The summed E-state index contributed by atoms with van der Waals surface area (Å²) in [4.78, 5) is 34.8. The average Bonchev–Trinajstić information content (AvgIpc) is 2.58. The van der Waals surface area contributed by atoms with E-state index in [0.29, 0.717) is 17.0 Å². The molecule has 0 aliphatic heterocycles. The zero-order chi connectivity index (χ0) is 19.1. The van der Waals surface area contributed by atoms with Gasteiger partial charge in [-0.25, -0.2) is 0 Å². The monoisotopic (exact) mass is 355 g/mol. The standard InChI is InChI=1S/C19H21N3O4/c1-12-7-13(2)9-14(8-12)19(25)21-10-18(24)22-15-3-5-16(6-4-15)26-11-17(20)23/h3-9H,10-11H2,1-2H3,(H2,20,23)(H,21,25)(H,22,24). The maximum atomic E-state index is 12.1. The minimum atomic E-state index is -0.568. The fourth-order valence-corrected chi connectivity index (χ4v) is 2.36. The molecule has 0 aliphatic rings. The number of primary amides is 1. The lowest BCUT2D eigenvalue weighted by Gasteiger charge is -2.09. The summed E-state index contributed by atoms with van der Waals surface area (Å²) in [6.45, 7) is 3.46. The van der Waals surface area contributed by atoms with E-state index in [1.165, 1.54) is 0 Å². The van der Waals surface area contributed by atoms with E-state index < -0.39 is 5.91 Å². The van der Waals surface area contributed by atoms with E-state index in [9.17, 15) is 14.4 Å². The van der Waals surface area contributed by atoms with Gasteiger partial charge < -0.3 is 21.1 Å². The molecule has 0 saturated carbocycles. The molecule has 0 aliphatic carbocycles. The maximum Gasteiger partial charge on any atom is 0.255 e. The van der Waals surface area contributed by atoms with Gasteiger partial charge in [0, 0.05) is 11.3 Å². The summed E-state index contributed by atoms with van der Waals surface area (Å²) in [6, 6.07) is 12.0. The summed E-state index contributed by atoms with van der Waals surface area (Å²) in [6.07, 6.45) is 0. The van der Waals surface area contributed by atoms with Crippen molar-refractivity contribution in [2.24, 2.45) is 5.73 Å². The second-order valence-corrected chi connectivity index (χ2v) is 5.89. The van der Waals surface area contributed by atoms with Crippen molar-refractivity contribution in [3.8, 4) is 5.75 Å². The number of nitrogens with two attached hydrogens (primary N) is 1. The number of rotatable bonds is 7. The van der Waals surface area contributed by atoms with Gasteiger partial charge in [0.05, 0.1) is 6.54 Å². The highest BCUT2D eigenvalue weighted by atomic mass is 16.5. The summed E-state index contributed by atoms with van der Waals surface area (Å²) in [5.41, 5.74) is 8.03. The van der Waals surface area contributed by atoms with Crippen molar-refractivity contribution in [3.05, 3.63) is 59.2 Å². The molecule has 0 saturated heterocycles. The van der Waals surface area contributed by atoms with Crippen LogP contribution in [0.5, 0.6) is 5.75 Å². The lowest BCUT2D eigenvalue weighted by molar-refractivity contribution is -0.120. The molecular weight excluding hydrogens is 334 g/mol. The largest absolute Gasteiger partial charge is 0.484 e. The van der Waals surface area contributed by atoms with Crippen LogP contribution < -0.4 is 21.1 Å². The number of carbonyl (C=O) groups excluding carboxylic acids is 3. The second kappa shape index (κ2) is 8.66. The zero-order valence-corrected chi connectivity index (χ0v) is 14.7. The van der Waals surface area contributed by atoms with Crippen LogP contribution in [0.15, 0.2) is 42.5 Å². The Morgan fingerprint density at radius 2 is 1.62 bits per heavy atom. The number of amides is 3. The third-order valence-electron chi connectivity index (χ3n) is 3.41. The Morgan fingerprint density at radius 1 is 1.00 bits per heavy atom. The van der Waals surface area contributed by atoms with Crippen LogP contribution in [0.3, 0.4) is 0 Å². The molecule has 7 heteroatoms. The summed E-state index contributed by atoms with van der Waals surface area (Å²) in [7, 11) is 0. The first kappa shape index (κ1) is 19.0. The number of nitrogens with one attached hydrogen (secondary N) is 2. The molecule has 3 amide bonds. The highest BCUT2D eigenvalue weighted by Gasteiger charge is 2.09. The van der Waals surface area contributed by atoms with Gasteiger partial charge in [0.1, 0.15) is 5.75 Å². The Kier molecular flexibility index (Phi) is 6.32. The highest BCUT2D eigenvalue weighted by molar-refractivity contribution is 5.99. The van der Waals surface area contributed by atoms with Crippen molar-refractivity contribution >= 4 is 23.4 Å². The molecule has 0 aromatic heterocycles. The van der Waals surface area contributed by atoms with Gasteiger partial charge >= 0.3 is 0 Å². The lowest BCUT2D eigenvalue weighted by Crippen LogP contribution is -2.32. The molecule has 2 rings (SSSR count). The molecule has 136 valence electrons. The highest BCUT2D eigenvalue weighted by Crippen LogP contribution is 2.15. The molecule has 7 nitrogen and oxygen atoms in total. The summed E-state index contributed by atoms with van der Waals surface area (Å²) >= 11 is 0. The normalized spacial score (nSPS) is 10.1. The average molecular weight is 355 g/mol. The maximum absolute atomic E-state index is 12.1. The van der Waals surface area contributed by atoms with Gasteiger partial charge in [-0.3, -0.25) is 14.4 Å². The van der Waals surface area contributed by atoms with Gasteiger partial charge in [-0.15, -0.1) is 0 Å². The van der Waals surface area contributed by atoms with Gasteiger partial charge in [0.2, 0.25) is 5.91 Å². The molecule has 2 aromatic rings. The van der Waals surface area contributed by atoms with Crippen LogP contribution in [0.1, 0.15) is 21.5 Å². The van der Waals surface area contributed by atoms with E-state index in [4.69, 9.17) is 10.5 Å². The molecule has 0 spiro atoms. The van der Waals surface area contributed by atoms with Crippen molar-refractivity contribution in [3.63, 3.8) is 0 Å².